The van der Waals surface area contributed by atoms with Gasteiger partial charge in [0.05, 0.1) is 11.3 Å². The maximum absolute atomic E-state index is 12.4. The van der Waals surface area contributed by atoms with Gasteiger partial charge in [0.2, 0.25) is 0 Å². The highest BCUT2D eigenvalue weighted by Gasteiger charge is 2.22. The van der Waals surface area contributed by atoms with Crippen LogP contribution in [0.4, 0.5) is 11.4 Å². The second kappa shape index (κ2) is 7.60. The Morgan fingerprint density at radius 3 is 2.69 bits per heavy atom. The lowest BCUT2D eigenvalue weighted by Crippen LogP contribution is -2.35. The number of carbonyl (C=O) groups is 2. The van der Waals surface area contributed by atoms with Crippen LogP contribution in [-0.2, 0) is 0 Å². The highest BCUT2D eigenvalue weighted by atomic mass is 16.4. The van der Waals surface area contributed by atoms with E-state index < -0.39 is 5.97 Å². The number of anilines is 2. The molecule has 0 radical (unpaired) electrons. The van der Waals surface area contributed by atoms with E-state index in [-0.39, 0.29) is 11.5 Å². The quantitative estimate of drug-likeness (QED) is 0.866. The van der Waals surface area contributed by atoms with Gasteiger partial charge in [-0.15, -0.1) is 0 Å². The number of carboxylic acids is 1. The van der Waals surface area contributed by atoms with Crippen molar-refractivity contribution in [3.8, 4) is 0 Å². The average Bonchev–Trinajstić information content (AvgIpc) is 2.61. The summed E-state index contributed by atoms with van der Waals surface area (Å²) in [6.07, 6.45) is 2.23. The van der Waals surface area contributed by atoms with Crippen LogP contribution >= 0.6 is 0 Å². The number of amides is 1. The zero-order valence-electron chi connectivity index (χ0n) is 15.2. The zero-order valence-corrected chi connectivity index (χ0v) is 15.2. The van der Waals surface area contributed by atoms with Gasteiger partial charge in [-0.05, 0) is 56.0 Å². The highest BCUT2D eigenvalue weighted by Crippen LogP contribution is 2.29. The van der Waals surface area contributed by atoms with Crippen molar-refractivity contribution < 1.29 is 14.7 Å². The average molecular weight is 352 g/mol. The van der Waals surface area contributed by atoms with Gasteiger partial charge in [0.1, 0.15) is 0 Å². The summed E-state index contributed by atoms with van der Waals surface area (Å²) in [5.74, 6) is -0.680. The van der Waals surface area contributed by atoms with Crippen molar-refractivity contribution in [3.63, 3.8) is 0 Å². The fourth-order valence-electron chi connectivity index (χ4n) is 3.46. The fourth-order valence-corrected chi connectivity index (χ4v) is 3.46. The lowest BCUT2D eigenvalue weighted by Gasteiger charge is -2.33. The predicted molar refractivity (Wildman–Crippen MR) is 103 cm³/mol. The molecule has 0 saturated carbocycles. The molecule has 2 aromatic rings. The van der Waals surface area contributed by atoms with Gasteiger partial charge in [0.15, 0.2) is 0 Å². The third kappa shape index (κ3) is 4.04. The number of aromatic carboxylic acids is 1. The van der Waals surface area contributed by atoms with E-state index in [1.807, 2.05) is 19.1 Å². The number of rotatable bonds is 4. The number of hydrogen-bond acceptors (Lipinski definition) is 3. The lowest BCUT2D eigenvalue weighted by atomic mass is 9.98. The standard InChI is InChI=1S/C21H24N2O3/c1-14-5-3-7-16(11-14)20(24)22-17-8-9-19(18(12-17)21(25)26)23-10-4-6-15(2)13-23/h3,5,7-9,11-12,15H,4,6,10,13H2,1-2H3,(H,22,24)(H,25,26)/t15-/m1/s1. The van der Waals surface area contributed by atoms with Crippen molar-refractivity contribution in [2.75, 3.05) is 23.3 Å². The number of aryl methyl sites for hydroxylation is 1. The fraction of sp³-hybridized carbons (Fsp3) is 0.333. The minimum absolute atomic E-state index is 0.223. The Hall–Kier alpha value is -2.82. The molecule has 1 amide bonds. The number of carboxylic acid groups (broad SMARTS) is 1. The first-order chi connectivity index (χ1) is 12.4. The van der Waals surface area contributed by atoms with Gasteiger partial charge in [0.25, 0.3) is 5.91 Å². The second-order valence-corrected chi connectivity index (χ2v) is 7.05. The molecular formula is C21H24N2O3. The van der Waals surface area contributed by atoms with E-state index in [1.165, 1.54) is 6.42 Å². The van der Waals surface area contributed by atoms with Crippen LogP contribution in [-0.4, -0.2) is 30.1 Å². The van der Waals surface area contributed by atoms with Crippen LogP contribution < -0.4 is 10.2 Å². The van der Waals surface area contributed by atoms with E-state index in [9.17, 15) is 14.7 Å². The van der Waals surface area contributed by atoms with Crippen molar-refractivity contribution in [1.82, 2.24) is 0 Å². The van der Waals surface area contributed by atoms with E-state index in [2.05, 4.69) is 17.1 Å². The molecule has 1 aliphatic rings. The van der Waals surface area contributed by atoms with E-state index in [0.717, 1.165) is 30.8 Å². The molecule has 5 heteroatoms. The lowest BCUT2D eigenvalue weighted by molar-refractivity contribution is 0.0697. The van der Waals surface area contributed by atoms with Gasteiger partial charge >= 0.3 is 5.97 Å². The number of carbonyl (C=O) groups excluding carboxylic acids is 1. The number of nitrogens with one attached hydrogen (secondary N) is 1. The first kappa shape index (κ1) is 18.0. The summed E-state index contributed by atoms with van der Waals surface area (Å²) >= 11 is 0. The Balaban J connectivity index is 1.84. The minimum atomic E-state index is -0.982. The topological polar surface area (TPSA) is 69.6 Å². The molecule has 0 aromatic heterocycles. The Morgan fingerprint density at radius 2 is 2.00 bits per heavy atom. The molecule has 1 aliphatic heterocycles. The van der Waals surface area contributed by atoms with Gasteiger partial charge < -0.3 is 15.3 Å². The van der Waals surface area contributed by atoms with Crippen LogP contribution in [0, 0.1) is 12.8 Å². The molecule has 0 aliphatic carbocycles. The summed E-state index contributed by atoms with van der Waals surface area (Å²) in [7, 11) is 0. The Labute approximate surface area is 153 Å². The molecule has 2 aromatic carbocycles. The number of piperidine rings is 1. The van der Waals surface area contributed by atoms with E-state index in [0.29, 0.717) is 17.2 Å². The predicted octanol–water partition coefficient (Wildman–Crippen LogP) is 4.18. The Bertz CT molecular complexity index is 832. The molecule has 0 bridgehead atoms. The number of nitrogens with zero attached hydrogens (tertiary/aromatic N) is 1. The van der Waals surface area contributed by atoms with Gasteiger partial charge in [-0.1, -0.05) is 24.6 Å². The maximum Gasteiger partial charge on any atom is 0.337 e. The number of benzene rings is 2. The summed E-state index contributed by atoms with van der Waals surface area (Å²) in [5.41, 5.74) is 2.98. The van der Waals surface area contributed by atoms with E-state index >= 15 is 0 Å². The molecule has 1 saturated heterocycles. The molecule has 2 N–H and O–H groups in total. The first-order valence-electron chi connectivity index (χ1n) is 8.94. The molecule has 136 valence electrons. The van der Waals surface area contributed by atoms with Crippen LogP contribution in [0.2, 0.25) is 0 Å². The molecule has 3 rings (SSSR count). The van der Waals surface area contributed by atoms with Crippen LogP contribution in [0.3, 0.4) is 0 Å². The Kier molecular flexibility index (Phi) is 5.26. The highest BCUT2D eigenvalue weighted by molar-refractivity contribution is 6.05. The van der Waals surface area contributed by atoms with Crippen molar-refractivity contribution in [2.24, 2.45) is 5.92 Å². The summed E-state index contributed by atoms with van der Waals surface area (Å²) in [4.78, 5) is 26.3. The van der Waals surface area contributed by atoms with Crippen molar-refractivity contribution in [2.45, 2.75) is 26.7 Å². The van der Waals surface area contributed by atoms with Gasteiger partial charge in [-0.2, -0.15) is 0 Å². The molecule has 1 atom stereocenters. The monoisotopic (exact) mass is 352 g/mol. The SMILES string of the molecule is Cc1cccc(C(=O)Nc2ccc(N3CCC[C@@H](C)C3)c(C(=O)O)c2)c1. The van der Waals surface area contributed by atoms with Crippen molar-refractivity contribution in [3.05, 3.63) is 59.2 Å². The van der Waals surface area contributed by atoms with Gasteiger partial charge in [0, 0.05) is 24.3 Å². The molecular weight excluding hydrogens is 328 g/mol. The third-order valence-electron chi connectivity index (χ3n) is 4.76. The van der Waals surface area contributed by atoms with Crippen LogP contribution in [0.25, 0.3) is 0 Å². The molecule has 1 heterocycles. The second-order valence-electron chi connectivity index (χ2n) is 7.05. The zero-order chi connectivity index (χ0) is 18.7. The largest absolute Gasteiger partial charge is 0.478 e. The van der Waals surface area contributed by atoms with Crippen molar-refractivity contribution >= 4 is 23.3 Å². The molecule has 5 nitrogen and oxygen atoms in total. The number of hydrogen-bond donors (Lipinski definition) is 2. The van der Waals surface area contributed by atoms with Gasteiger partial charge in [-0.3, -0.25) is 4.79 Å². The van der Waals surface area contributed by atoms with Crippen LogP contribution in [0.5, 0.6) is 0 Å². The first-order valence-corrected chi connectivity index (χ1v) is 8.94. The molecule has 0 spiro atoms. The summed E-state index contributed by atoms with van der Waals surface area (Å²) in [6.45, 7) is 5.83. The Morgan fingerprint density at radius 1 is 1.19 bits per heavy atom. The van der Waals surface area contributed by atoms with Crippen LogP contribution in [0.15, 0.2) is 42.5 Å². The molecule has 0 unspecified atom stereocenters. The smallest absolute Gasteiger partial charge is 0.337 e. The normalized spacial score (nSPS) is 17.0. The van der Waals surface area contributed by atoms with Crippen LogP contribution in [0.1, 0.15) is 46.0 Å². The van der Waals surface area contributed by atoms with Gasteiger partial charge in [-0.25, -0.2) is 4.79 Å². The summed E-state index contributed by atoms with van der Waals surface area (Å²) in [6, 6.07) is 12.4. The summed E-state index contributed by atoms with van der Waals surface area (Å²) < 4.78 is 0. The summed E-state index contributed by atoms with van der Waals surface area (Å²) in [5, 5.41) is 12.4. The maximum atomic E-state index is 12.4. The van der Waals surface area contributed by atoms with Crippen molar-refractivity contribution in [1.29, 1.82) is 0 Å². The third-order valence-corrected chi connectivity index (χ3v) is 4.76. The molecule has 26 heavy (non-hydrogen) atoms. The van der Waals surface area contributed by atoms with E-state index in [4.69, 9.17) is 0 Å². The molecule has 1 fully saturated rings. The minimum Gasteiger partial charge on any atom is -0.478 e. The van der Waals surface area contributed by atoms with E-state index in [1.54, 1.807) is 30.3 Å².